The lowest BCUT2D eigenvalue weighted by Crippen LogP contribution is -2.41. The third-order valence-electron chi connectivity index (χ3n) is 4.33. The van der Waals surface area contributed by atoms with Crippen LogP contribution in [0, 0.1) is 5.82 Å². The minimum atomic E-state index is -0.353. The Kier molecular flexibility index (Phi) is 4.34. The third kappa shape index (κ3) is 3.41. The van der Waals surface area contributed by atoms with Gasteiger partial charge in [0.15, 0.2) is 0 Å². The number of hydrogen-bond acceptors (Lipinski definition) is 5. The Hall–Kier alpha value is -3.23. The Bertz CT molecular complexity index is 894. The van der Waals surface area contributed by atoms with E-state index >= 15 is 0 Å². The fourth-order valence-electron chi connectivity index (χ4n) is 3.03. The molecule has 0 bridgehead atoms. The van der Waals surface area contributed by atoms with Crippen LogP contribution in [-0.4, -0.2) is 44.4 Å². The number of hydrogen-bond donors (Lipinski definition) is 2. The van der Waals surface area contributed by atoms with Crippen molar-refractivity contribution in [1.29, 1.82) is 0 Å². The summed E-state index contributed by atoms with van der Waals surface area (Å²) in [5.74, 6) is 0.409. The van der Waals surface area contributed by atoms with Crippen molar-refractivity contribution in [2.24, 2.45) is 0 Å². The van der Waals surface area contributed by atoms with Crippen molar-refractivity contribution in [3.05, 3.63) is 48.4 Å². The maximum atomic E-state index is 13.4. The number of aromatic nitrogens is 4. The number of carbonyl (C=O) groups is 1. The number of nitrogens with one attached hydrogen (secondary N) is 2. The van der Waals surface area contributed by atoms with Crippen LogP contribution in [0.5, 0.6) is 0 Å². The smallest absolute Gasteiger partial charge is 0.321 e. The second-order valence-corrected chi connectivity index (χ2v) is 6.17. The number of H-pyrrole nitrogens is 1. The van der Waals surface area contributed by atoms with Gasteiger partial charge in [-0.25, -0.2) is 9.18 Å². The van der Waals surface area contributed by atoms with E-state index in [1.54, 1.807) is 29.4 Å². The molecule has 3 heterocycles. The first-order valence-corrected chi connectivity index (χ1v) is 8.33. The quantitative estimate of drug-likeness (QED) is 0.751. The summed E-state index contributed by atoms with van der Waals surface area (Å²) in [4.78, 5) is 18.5. The molecule has 1 aliphatic rings. The van der Waals surface area contributed by atoms with Gasteiger partial charge in [-0.3, -0.25) is 5.10 Å². The number of likely N-dealkylation sites (tertiary alicyclic amines) is 1. The zero-order valence-electron chi connectivity index (χ0n) is 13.9. The van der Waals surface area contributed by atoms with Crippen LogP contribution < -0.4 is 5.32 Å². The summed E-state index contributed by atoms with van der Waals surface area (Å²) in [5, 5.41) is 13.2. The maximum Gasteiger partial charge on any atom is 0.321 e. The highest BCUT2D eigenvalue weighted by Gasteiger charge is 2.29. The molecule has 0 spiro atoms. The van der Waals surface area contributed by atoms with Crippen molar-refractivity contribution in [3.63, 3.8) is 0 Å². The number of halogens is 1. The second kappa shape index (κ2) is 6.95. The highest BCUT2D eigenvalue weighted by molar-refractivity contribution is 5.89. The van der Waals surface area contributed by atoms with E-state index in [4.69, 9.17) is 4.52 Å². The molecule has 1 atom stereocenters. The van der Waals surface area contributed by atoms with Crippen molar-refractivity contribution in [2.45, 2.75) is 18.8 Å². The molecule has 1 aliphatic heterocycles. The first-order chi connectivity index (χ1) is 12.7. The fourth-order valence-corrected chi connectivity index (χ4v) is 3.03. The number of urea groups is 1. The van der Waals surface area contributed by atoms with E-state index in [-0.39, 0.29) is 17.8 Å². The molecule has 8 nitrogen and oxygen atoms in total. The standard InChI is InChI=1S/C17H17FN6O2/c18-13-5-1-3-11(7-13)15-22-16(26-23-15)12-4-2-6-24(10-12)17(25)21-14-8-19-20-9-14/h1,3,5,7-9,12H,2,4,6,10H2,(H,19,20)(H,21,25)/t12-/m0/s1. The molecule has 2 amide bonds. The maximum absolute atomic E-state index is 13.4. The number of amides is 2. The molecule has 9 heteroatoms. The van der Waals surface area contributed by atoms with Crippen LogP contribution in [0.15, 0.2) is 41.2 Å². The molecular formula is C17H17FN6O2. The van der Waals surface area contributed by atoms with Gasteiger partial charge in [-0.2, -0.15) is 10.1 Å². The molecule has 0 unspecified atom stereocenters. The highest BCUT2D eigenvalue weighted by atomic mass is 19.1. The Morgan fingerprint density at radius 2 is 2.35 bits per heavy atom. The molecule has 134 valence electrons. The summed E-state index contributed by atoms with van der Waals surface area (Å²) < 4.78 is 18.7. The SMILES string of the molecule is O=C(Nc1cn[nH]c1)N1CCC[C@H](c2nc(-c3cccc(F)c3)no2)C1. The lowest BCUT2D eigenvalue weighted by molar-refractivity contribution is 0.184. The lowest BCUT2D eigenvalue weighted by Gasteiger charge is -2.30. The van der Waals surface area contributed by atoms with E-state index in [2.05, 4.69) is 25.7 Å². The van der Waals surface area contributed by atoms with Crippen LogP contribution >= 0.6 is 0 Å². The number of anilines is 1. The summed E-state index contributed by atoms with van der Waals surface area (Å²) in [6, 6.07) is 5.86. The van der Waals surface area contributed by atoms with Gasteiger partial charge in [-0.1, -0.05) is 17.3 Å². The van der Waals surface area contributed by atoms with Gasteiger partial charge < -0.3 is 14.7 Å². The van der Waals surface area contributed by atoms with Gasteiger partial charge in [0.25, 0.3) is 0 Å². The number of aromatic amines is 1. The summed E-state index contributed by atoms with van der Waals surface area (Å²) in [5.41, 5.74) is 1.17. The molecular weight excluding hydrogens is 339 g/mol. The van der Waals surface area contributed by atoms with Crippen molar-refractivity contribution in [1.82, 2.24) is 25.2 Å². The van der Waals surface area contributed by atoms with E-state index in [1.807, 2.05) is 0 Å². The molecule has 2 N–H and O–H groups in total. The lowest BCUT2D eigenvalue weighted by atomic mass is 9.98. The first-order valence-electron chi connectivity index (χ1n) is 8.33. The van der Waals surface area contributed by atoms with Crippen molar-refractivity contribution in [2.75, 3.05) is 18.4 Å². The average Bonchev–Trinajstić information content (AvgIpc) is 3.34. The van der Waals surface area contributed by atoms with Gasteiger partial charge in [-0.05, 0) is 25.0 Å². The predicted molar refractivity (Wildman–Crippen MR) is 90.8 cm³/mol. The molecule has 1 aromatic carbocycles. The minimum absolute atomic E-state index is 0.0475. The van der Waals surface area contributed by atoms with Crippen molar-refractivity contribution < 1.29 is 13.7 Å². The van der Waals surface area contributed by atoms with E-state index in [1.165, 1.54) is 12.1 Å². The van der Waals surface area contributed by atoms with Crippen molar-refractivity contribution >= 4 is 11.7 Å². The average molecular weight is 356 g/mol. The van der Waals surface area contributed by atoms with Gasteiger partial charge >= 0.3 is 6.03 Å². The van der Waals surface area contributed by atoms with Crippen LogP contribution in [0.2, 0.25) is 0 Å². The molecule has 3 aromatic rings. The predicted octanol–water partition coefficient (Wildman–Crippen LogP) is 3.01. The van der Waals surface area contributed by atoms with Crippen LogP contribution in [0.1, 0.15) is 24.7 Å². The zero-order chi connectivity index (χ0) is 17.9. The molecule has 26 heavy (non-hydrogen) atoms. The van der Waals surface area contributed by atoms with E-state index in [9.17, 15) is 9.18 Å². The summed E-state index contributed by atoms with van der Waals surface area (Å²) in [7, 11) is 0. The minimum Gasteiger partial charge on any atom is -0.339 e. The van der Waals surface area contributed by atoms with Gasteiger partial charge in [0.05, 0.1) is 17.8 Å². The number of carbonyl (C=O) groups excluding carboxylic acids is 1. The topological polar surface area (TPSA) is 99.9 Å². The molecule has 1 fully saturated rings. The molecule has 2 aromatic heterocycles. The van der Waals surface area contributed by atoms with Crippen molar-refractivity contribution in [3.8, 4) is 11.4 Å². The molecule has 0 radical (unpaired) electrons. The molecule has 1 saturated heterocycles. The monoisotopic (exact) mass is 356 g/mol. The van der Waals surface area contributed by atoms with Gasteiger partial charge in [-0.15, -0.1) is 0 Å². The number of nitrogens with zero attached hydrogens (tertiary/aromatic N) is 4. The molecule has 0 saturated carbocycles. The Labute approximate surface area is 148 Å². The van der Waals surface area contributed by atoms with Crippen LogP contribution in [0.4, 0.5) is 14.9 Å². The Morgan fingerprint density at radius 3 is 3.15 bits per heavy atom. The van der Waals surface area contributed by atoms with Crippen LogP contribution in [0.25, 0.3) is 11.4 Å². The number of piperidine rings is 1. The van der Waals surface area contributed by atoms with Gasteiger partial charge in [0.2, 0.25) is 11.7 Å². The van der Waals surface area contributed by atoms with E-state index in [0.717, 1.165) is 12.8 Å². The fraction of sp³-hybridized carbons (Fsp3) is 0.294. The third-order valence-corrected chi connectivity index (χ3v) is 4.33. The summed E-state index contributed by atoms with van der Waals surface area (Å²) >= 11 is 0. The van der Waals surface area contributed by atoms with Gasteiger partial charge in [0.1, 0.15) is 5.82 Å². The normalized spacial score (nSPS) is 17.3. The van der Waals surface area contributed by atoms with E-state index < -0.39 is 0 Å². The van der Waals surface area contributed by atoms with Crippen LogP contribution in [-0.2, 0) is 0 Å². The largest absolute Gasteiger partial charge is 0.339 e. The summed E-state index contributed by atoms with van der Waals surface area (Å²) in [6.45, 7) is 1.14. The highest BCUT2D eigenvalue weighted by Crippen LogP contribution is 2.28. The summed E-state index contributed by atoms with van der Waals surface area (Å²) in [6.07, 6.45) is 4.84. The van der Waals surface area contributed by atoms with Gasteiger partial charge in [0, 0.05) is 24.8 Å². The van der Waals surface area contributed by atoms with E-state index in [0.29, 0.717) is 36.1 Å². The second-order valence-electron chi connectivity index (χ2n) is 6.17. The number of benzene rings is 1. The Balaban J connectivity index is 1.45. The molecule has 0 aliphatic carbocycles. The number of rotatable bonds is 3. The zero-order valence-corrected chi connectivity index (χ0v) is 13.9. The first kappa shape index (κ1) is 16.2. The Morgan fingerprint density at radius 1 is 1.42 bits per heavy atom. The molecule has 4 rings (SSSR count). The van der Waals surface area contributed by atoms with Crippen LogP contribution in [0.3, 0.4) is 0 Å².